The summed E-state index contributed by atoms with van der Waals surface area (Å²) in [5.41, 5.74) is 5.43. The Morgan fingerprint density at radius 2 is 2.15 bits per heavy atom. The quantitative estimate of drug-likeness (QED) is 0.772. The minimum atomic E-state index is -0.115. The highest BCUT2D eigenvalue weighted by Gasteiger charge is 2.31. The molecule has 1 aromatic carbocycles. The SMILES string of the molecule is CC(C)C(=O)OCC1C2=C(CCC=C2)c2ccccc21. The van der Waals surface area contributed by atoms with Crippen LogP contribution in [0.25, 0.3) is 5.57 Å². The number of benzene rings is 1. The van der Waals surface area contributed by atoms with E-state index in [9.17, 15) is 4.79 Å². The summed E-state index contributed by atoms with van der Waals surface area (Å²) >= 11 is 0. The first kappa shape index (κ1) is 13.2. The second-order valence-electron chi connectivity index (χ2n) is 5.80. The van der Waals surface area contributed by atoms with Gasteiger partial charge >= 0.3 is 5.97 Å². The second kappa shape index (κ2) is 5.28. The predicted octanol–water partition coefficient (Wildman–Crippen LogP) is 4.09. The summed E-state index contributed by atoms with van der Waals surface area (Å²) in [5.74, 6) is 0.0266. The van der Waals surface area contributed by atoms with Crippen molar-refractivity contribution in [2.75, 3.05) is 6.61 Å². The van der Waals surface area contributed by atoms with Crippen LogP contribution in [0.15, 0.2) is 42.0 Å². The number of esters is 1. The van der Waals surface area contributed by atoms with Gasteiger partial charge in [0.1, 0.15) is 6.61 Å². The normalized spacial score (nSPS) is 20.1. The molecule has 0 saturated heterocycles. The van der Waals surface area contributed by atoms with Gasteiger partial charge in [0.25, 0.3) is 0 Å². The molecule has 0 N–H and O–H groups in total. The molecule has 2 heteroatoms. The van der Waals surface area contributed by atoms with Crippen LogP contribution in [0.2, 0.25) is 0 Å². The Balaban J connectivity index is 1.88. The number of carbonyl (C=O) groups is 1. The summed E-state index contributed by atoms with van der Waals surface area (Å²) in [6, 6.07) is 8.51. The molecule has 0 fully saturated rings. The van der Waals surface area contributed by atoms with Gasteiger partial charge < -0.3 is 4.74 Å². The molecule has 2 aliphatic carbocycles. The van der Waals surface area contributed by atoms with E-state index in [1.54, 1.807) is 0 Å². The molecule has 0 heterocycles. The van der Waals surface area contributed by atoms with Crippen LogP contribution in [0.5, 0.6) is 0 Å². The molecular weight excluding hydrogens is 248 g/mol. The standard InChI is InChI=1S/C18H20O2/c1-12(2)18(19)20-11-17-15-9-5-3-7-13(15)14-8-4-6-10-16(14)17/h3,5-7,9-10,12,17H,4,8,11H2,1-2H3. The van der Waals surface area contributed by atoms with Crippen molar-refractivity contribution >= 4 is 11.5 Å². The summed E-state index contributed by atoms with van der Waals surface area (Å²) in [6.07, 6.45) is 6.64. The van der Waals surface area contributed by atoms with E-state index in [-0.39, 0.29) is 17.8 Å². The first-order valence-electron chi connectivity index (χ1n) is 7.34. The fraction of sp³-hybridized carbons (Fsp3) is 0.389. The van der Waals surface area contributed by atoms with Crippen molar-refractivity contribution in [3.8, 4) is 0 Å². The van der Waals surface area contributed by atoms with Gasteiger partial charge in [-0.2, -0.15) is 0 Å². The minimum absolute atomic E-state index is 0.0676. The number of hydrogen-bond acceptors (Lipinski definition) is 2. The van der Waals surface area contributed by atoms with Crippen molar-refractivity contribution in [3.63, 3.8) is 0 Å². The van der Waals surface area contributed by atoms with Crippen molar-refractivity contribution in [3.05, 3.63) is 53.1 Å². The summed E-state index contributed by atoms with van der Waals surface area (Å²) in [6.45, 7) is 4.20. The lowest BCUT2D eigenvalue weighted by molar-refractivity contribution is -0.147. The van der Waals surface area contributed by atoms with E-state index >= 15 is 0 Å². The monoisotopic (exact) mass is 268 g/mol. The fourth-order valence-electron chi connectivity index (χ4n) is 3.05. The van der Waals surface area contributed by atoms with Crippen LogP contribution in [-0.4, -0.2) is 12.6 Å². The lowest BCUT2D eigenvalue weighted by Crippen LogP contribution is -2.17. The van der Waals surface area contributed by atoms with Crippen LogP contribution in [0.4, 0.5) is 0 Å². The molecule has 0 aliphatic heterocycles. The van der Waals surface area contributed by atoms with Crippen molar-refractivity contribution in [2.24, 2.45) is 5.92 Å². The molecule has 3 rings (SSSR count). The van der Waals surface area contributed by atoms with E-state index in [2.05, 4.69) is 36.4 Å². The Labute approximate surface area is 120 Å². The molecule has 104 valence electrons. The van der Waals surface area contributed by atoms with Crippen molar-refractivity contribution in [1.29, 1.82) is 0 Å². The number of fused-ring (bicyclic) bond motifs is 2. The maximum absolute atomic E-state index is 11.7. The van der Waals surface area contributed by atoms with Gasteiger partial charge in [-0.3, -0.25) is 4.79 Å². The minimum Gasteiger partial charge on any atom is -0.464 e. The third kappa shape index (κ3) is 2.20. The zero-order valence-corrected chi connectivity index (χ0v) is 12.1. The zero-order chi connectivity index (χ0) is 14.1. The summed E-state index contributed by atoms with van der Waals surface area (Å²) in [5, 5.41) is 0. The summed E-state index contributed by atoms with van der Waals surface area (Å²) in [7, 11) is 0. The summed E-state index contributed by atoms with van der Waals surface area (Å²) in [4.78, 5) is 11.7. The van der Waals surface area contributed by atoms with Crippen molar-refractivity contribution in [1.82, 2.24) is 0 Å². The van der Waals surface area contributed by atoms with Crippen LogP contribution >= 0.6 is 0 Å². The maximum atomic E-state index is 11.7. The molecule has 0 radical (unpaired) electrons. The van der Waals surface area contributed by atoms with Gasteiger partial charge in [-0.25, -0.2) is 0 Å². The van der Waals surface area contributed by atoms with Gasteiger partial charge in [-0.1, -0.05) is 50.3 Å². The van der Waals surface area contributed by atoms with E-state index in [0.717, 1.165) is 12.8 Å². The molecule has 0 spiro atoms. The Hall–Kier alpha value is -1.83. The largest absolute Gasteiger partial charge is 0.464 e. The van der Waals surface area contributed by atoms with Crippen LogP contribution < -0.4 is 0 Å². The third-order valence-corrected chi connectivity index (χ3v) is 4.11. The highest BCUT2D eigenvalue weighted by atomic mass is 16.5. The van der Waals surface area contributed by atoms with E-state index in [4.69, 9.17) is 4.74 Å². The van der Waals surface area contributed by atoms with Crippen molar-refractivity contribution in [2.45, 2.75) is 32.6 Å². The van der Waals surface area contributed by atoms with Crippen LogP contribution in [-0.2, 0) is 9.53 Å². The van der Waals surface area contributed by atoms with Crippen molar-refractivity contribution < 1.29 is 9.53 Å². The Morgan fingerprint density at radius 1 is 1.35 bits per heavy atom. The molecule has 0 bridgehead atoms. The van der Waals surface area contributed by atoms with Gasteiger partial charge in [-0.05, 0) is 35.1 Å². The van der Waals surface area contributed by atoms with E-state index in [1.807, 2.05) is 13.8 Å². The van der Waals surface area contributed by atoms with Crippen LogP contribution in [0.3, 0.4) is 0 Å². The number of hydrogen-bond donors (Lipinski definition) is 0. The maximum Gasteiger partial charge on any atom is 0.308 e. The number of ether oxygens (including phenoxy) is 1. The molecule has 1 aromatic rings. The lowest BCUT2D eigenvalue weighted by Gasteiger charge is -2.17. The smallest absolute Gasteiger partial charge is 0.308 e. The van der Waals surface area contributed by atoms with Gasteiger partial charge in [-0.15, -0.1) is 0 Å². The van der Waals surface area contributed by atoms with Gasteiger partial charge in [0.05, 0.1) is 5.92 Å². The Kier molecular flexibility index (Phi) is 3.47. The van der Waals surface area contributed by atoms with E-state index in [0.29, 0.717) is 6.61 Å². The first-order valence-corrected chi connectivity index (χ1v) is 7.34. The highest BCUT2D eigenvalue weighted by Crippen LogP contribution is 2.46. The number of allylic oxidation sites excluding steroid dienone is 3. The molecule has 2 aliphatic rings. The topological polar surface area (TPSA) is 26.3 Å². The van der Waals surface area contributed by atoms with Crippen LogP contribution in [0.1, 0.15) is 43.7 Å². The highest BCUT2D eigenvalue weighted by molar-refractivity contribution is 5.81. The number of carbonyl (C=O) groups excluding carboxylic acids is 1. The molecule has 1 atom stereocenters. The van der Waals surface area contributed by atoms with E-state index < -0.39 is 0 Å². The van der Waals surface area contributed by atoms with Gasteiger partial charge in [0.2, 0.25) is 0 Å². The van der Waals surface area contributed by atoms with Crippen LogP contribution in [0, 0.1) is 5.92 Å². The Morgan fingerprint density at radius 3 is 2.95 bits per heavy atom. The third-order valence-electron chi connectivity index (χ3n) is 4.11. The zero-order valence-electron chi connectivity index (χ0n) is 12.1. The average Bonchev–Trinajstić information content (AvgIpc) is 2.79. The van der Waals surface area contributed by atoms with Gasteiger partial charge in [0, 0.05) is 5.92 Å². The second-order valence-corrected chi connectivity index (χ2v) is 5.80. The predicted molar refractivity (Wildman–Crippen MR) is 80.3 cm³/mol. The van der Waals surface area contributed by atoms with E-state index in [1.165, 1.54) is 22.3 Å². The molecule has 0 amide bonds. The number of rotatable bonds is 3. The fourth-order valence-corrected chi connectivity index (χ4v) is 3.05. The molecule has 1 unspecified atom stereocenters. The molecule has 20 heavy (non-hydrogen) atoms. The lowest BCUT2D eigenvalue weighted by atomic mass is 9.93. The average molecular weight is 268 g/mol. The molecule has 0 saturated carbocycles. The molecule has 2 nitrogen and oxygen atoms in total. The van der Waals surface area contributed by atoms with Gasteiger partial charge in [0.15, 0.2) is 0 Å². The first-order chi connectivity index (χ1) is 9.68. The molecule has 0 aromatic heterocycles. The molecular formula is C18H20O2. The Bertz CT molecular complexity index is 593. The summed E-state index contributed by atoms with van der Waals surface area (Å²) < 4.78 is 5.49.